The third-order valence-corrected chi connectivity index (χ3v) is 3.73. The number of carbonyl (C=O) groups excluding carboxylic acids is 1. The van der Waals surface area contributed by atoms with Crippen molar-refractivity contribution in [2.24, 2.45) is 7.05 Å². The molecule has 0 N–H and O–H groups in total. The van der Waals surface area contributed by atoms with E-state index in [-0.39, 0.29) is 24.7 Å². The second-order valence-electron chi connectivity index (χ2n) is 6.16. The Bertz CT molecular complexity index is 837. The van der Waals surface area contributed by atoms with Gasteiger partial charge in [0.15, 0.2) is 0 Å². The molecule has 0 bridgehead atoms. The summed E-state index contributed by atoms with van der Waals surface area (Å²) in [5.74, 6) is -6.79. The number of aromatic nitrogens is 3. The Kier molecular flexibility index (Phi) is 7.57. The number of ether oxygens (including phenoxy) is 3. The molecular weight excluding hydrogens is 417 g/mol. The zero-order valence-corrected chi connectivity index (χ0v) is 16.2. The standard InChI is InChI=1S/C18H20F5N3O4/c1-3-4-10-29-14(27)9-11-28-12-5-7-13(8-6-12)30-16-24-15(25-26(16)2)17(19,20)18(21,22)23/h5-8H,3-4,9-11H2,1-2H3. The molecule has 2 rings (SSSR count). The fraction of sp³-hybridized carbons (Fsp3) is 0.500. The fourth-order valence-corrected chi connectivity index (χ4v) is 2.08. The molecule has 0 aliphatic heterocycles. The molecule has 0 radical (unpaired) electrons. The lowest BCUT2D eigenvalue weighted by Crippen LogP contribution is -2.34. The van der Waals surface area contributed by atoms with Gasteiger partial charge in [0, 0.05) is 7.05 Å². The Morgan fingerprint density at radius 1 is 1.07 bits per heavy atom. The number of carbonyl (C=O) groups is 1. The van der Waals surface area contributed by atoms with E-state index in [2.05, 4.69) is 10.1 Å². The van der Waals surface area contributed by atoms with Crippen molar-refractivity contribution in [2.75, 3.05) is 13.2 Å². The molecule has 1 aromatic heterocycles. The summed E-state index contributed by atoms with van der Waals surface area (Å²) in [5.41, 5.74) is 0. The highest BCUT2D eigenvalue weighted by Gasteiger charge is 2.62. The van der Waals surface area contributed by atoms with Gasteiger partial charge in [0.05, 0.1) is 19.6 Å². The van der Waals surface area contributed by atoms with Crippen LogP contribution in [0.1, 0.15) is 32.0 Å². The van der Waals surface area contributed by atoms with E-state index in [0.29, 0.717) is 17.0 Å². The minimum Gasteiger partial charge on any atom is -0.493 e. The lowest BCUT2D eigenvalue weighted by Gasteiger charge is -2.15. The second kappa shape index (κ2) is 9.72. The van der Waals surface area contributed by atoms with Crippen LogP contribution in [-0.2, 0) is 22.5 Å². The summed E-state index contributed by atoms with van der Waals surface area (Å²) in [6.07, 6.45) is -4.06. The van der Waals surface area contributed by atoms with E-state index in [4.69, 9.17) is 14.2 Å². The highest BCUT2D eigenvalue weighted by molar-refractivity contribution is 5.69. The van der Waals surface area contributed by atoms with Crippen LogP contribution in [0.2, 0.25) is 0 Å². The first-order chi connectivity index (χ1) is 14.0. The maximum atomic E-state index is 13.3. The van der Waals surface area contributed by atoms with Crippen LogP contribution in [0.4, 0.5) is 22.0 Å². The van der Waals surface area contributed by atoms with Crippen molar-refractivity contribution in [1.82, 2.24) is 14.8 Å². The molecule has 0 fully saturated rings. The van der Waals surface area contributed by atoms with Gasteiger partial charge in [-0.3, -0.25) is 4.79 Å². The van der Waals surface area contributed by atoms with E-state index in [9.17, 15) is 26.7 Å². The van der Waals surface area contributed by atoms with E-state index >= 15 is 0 Å². The van der Waals surface area contributed by atoms with Gasteiger partial charge in [0.25, 0.3) is 0 Å². The fourth-order valence-electron chi connectivity index (χ4n) is 2.08. The SMILES string of the molecule is CCCCOC(=O)CCOc1ccc(Oc2nc(C(F)(F)C(F)(F)F)nn2C)cc1. The molecule has 0 aliphatic rings. The number of nitrogens with zero attached hydrogens (tertiary/aromatic N) is 3. The molecule has 0 unspecified atom stereocenters. The molecule has 0 saturated carbocycles. The Morgan fingerprint density at radius 2 is 1.70 bits per heavy atom. The zero-order chi connectivity index (χ0) is 22.4. The average molecular weight is 437 g/mol. The van der Waals surface area contributed by atoms with Gasteiger partial charge < -0.3 is 14.2 Å². The van der Waals surface area contributed by atoms with Crippen LogP contribution in [0.3, 0.4) is 0 Å². The Morgan fingerprint density at radius 3 is 2.30 bits per heavy atom. The molecule has 0 aliphatic carbocycles. The minimum atomic E-state index is -5.83. The third kappa shape index (κ3) is 6.04. The zero-order valence-electron chi connectivity index (χ0n) is 16.2. The molecular formula is C18H20F5N3O4. The van der Waals surface area contributed by atoms with E-state index in [1.807, 2.05) is 6.92 Å². The van der Waals surface area contributed by atoms with Gasteiger partial charge >= 0.3 is 24.1 Å². The van der Waals surface area contributed by atoms with E-state index in [1.165, 1.54) is 24.3 Å². The number of benzene rings is 1. The maximum absolute atomic E-state index is 13.3. The molecule has 1 heterocycles. The van der Waals surface area contributed by atoms with Crippen molar-refractivity contribution < 1.29 is 41.0 Å². The van der Waals surface area contributed by atoms with Gasteiger partial charge in [-0.2, -0.15) is 26.9 Å². The number of halogens is 5. The molecule has 0 spiro atoms. The van der Waals surface area contributed by atoms with Crippen LogP contribution in [0.15, 0.2) is 24.3 Å². The highest BCUT2D eigenvalue weighted by atomic mass is 19.4. The van der Waals surface area contributed by atoms with E-state index in [0.717, 1.165) is 19.9 Å². The summed E-state index contributed by atoms with van der Waals surface area (Å²) in [6.45, 7) is 2.43. The highest BCUT2D eigenvalue weighted by Crippen LogP contribution is 2.42. The molecule has 2 aromatic rings. The first kappa shape index (κ1) is 23.4. The number of esters is 1. The summed E-state index contributed by atoms with van der Waals surface area (Å²) >= 11 is 0. The van der Waals surface area contributed by atoms with E-state index in [1.54, 1.807) is 0 Å². The largest absolute Gasteiger partial charge is 0.493 e. The van der Waals surface area contributed by atoms with Crippen molar-refractivity contribution in [3.63, 3.8) is 0 Å². The van der Waals surface area contributed by atoms with Crippen LogP contribution in [0.25, 0.3) is 0 Å². The quantitative estimate of drug-likeness (QED) is 0.312. The van der Waals surface area contributed by atoms with Crippen LogP contribution in [-0.4, -0.2) is 40.1 Å². The molecule has 0 atom stereocenters. The van der Waals surface area contributed by atoms with Gasteiger partial charge in [0.2, 0.25) is 5.82 Å². The van der Waals surface area contributed by atoms with E-state index < -0.39 is 23.9 Å². The second-order valence-corrected chi connectivity index (χ2v) is 6.16. The monoisotopic (exact) mass is 437 g/mol. The Hall–Kier alpha value is -2.92. The van der Waals surface area contributed by atoms with Crippen molar-refractivity contribution >= 4 is 5.97 Å². The summed E-state index contributed by atoms with van der Waals surface area (Å²) in [4.78, 5) is 14.6. The number of hydrogen-bond acceptors (Lipinski definition) is 6. The lowest BCUT2D eigenvalue weighted by molar-refractivity contribution is -0.292. The Balaban J connectivity index is 1.91. The number of alkyl halides is 5. The minimum absolute atomic E-state index is 0.0666. The van der Waals surface area contributed by atoms with Crippen LogP contribution >= 0.6 is 0 Å². The summed E-state index contributed by atoms with van der Waals surface area (Å²) < 4.78 is 80.2. The Labute approximate surface area is 168 Å². The normalized spacial score (nSPS) is 12.0. The summed E-state index contributed by atoms with van der Waals surface area (Å²) in [5, 5.41) is 3.09. The molecule has 166 valence electrons. The molecule has 0 saturated heterocycles. The summed E-state index contributed by atoms with van der Waals surface area (Å²) in [7, 11) is 1.12. The van der Waals surface area contributed by atoms with Gasteiger partial charge in [-0.05, 0) is 30.7 Å². The molecule has 1 aromatic carbocycles. The number of unbranched alkanes of at least 4 members (excludes halogenated alkanes) is 1. The maximum Gasteiger partial charge on any atom is 0.461 e. The predicted octanol–water partition coefficient (Wildman–Crippen LogP) is 4.37. The van der Waals surface area contributed by atoms with Crippen LogP contribution < -0.4 is 9.47 Å². The van der Waals surface area contributed by atoms with Crippen LogP contribution in [0, 0.1) is 0 Å². The lowest BCUT2D eigenvalue weighted by atomic mass is 10.3. The number of aryl methyl sites for hydroxylation is 1. The molecule has 0 amide bonds. The third-order valence-electron chi connectivity index (χ3n) is 3.73. The molecule has 12 heteroatoms. The first-order valence-electron chi connectivity index (χ1n) is 8.97. The first-order valence-corrected chi connectivity index (χ1v) is 8.97. The molecule has 7 nitrogen and oxygen atoms in total. The van der Waals surface area contributed by atoms with Gasteiger partial charge in [0.1, 0.15) is 11.5 Å². The van der Waals surface area contributed by atoms with Crippen molar-refractivity contribution in [2.45, 2.75) is 38.3 Å². The van der Waals surface area contributed by atoms with Crippen molar-refractivity contribution in [1.29, 1.82) is 0 Å². The average Bonchev–Trinajstić information content (AvgIpc) is 3.04. The van der Waals surface area contributed by atoms with Crippen molar-refractivity contribution in [3.8, 4) is 17.5 Å². The number of hydrogen-bond donors (Lipinski definition) is 0. The molecule has 30 heavy (non-hydrogen) atoms. The topological polar surface area (TPSA) is 75.5 Å². The van der Waals surface area contributed by atoms with Gasteiger partial charge in [-0.15, -0.1) is 5.10 Å². The summed E-state index contributed by atoms with van der Waals surface area (Å²) in [6, 6.07) is 5.19. The predicted molar refractivity (Wildman–Crippen MR) is 93.4 cm³/mol. The van der Waals surface area contributed by atoms with Crippen molar-refractivity contribution in [3.05, 3.63) is 30.1 Å². The van der Waals surface area contributed by atoms with Crippen LogP contribution in [0.5, 0.6) is 17.5 Å². The number of rotatable bonds is 10. The van der Waals surface area contributed by atoms with Gasteiger partial charge in [-0.1, -0.05) is 13.3 Å². The van der Waals surface area contributed by atoms with Gasteiger partial charge in [-0.25, -0.2) is 4.68 Å². The smallest absolute Gasteiger partial charge is 0.461 e.